The molecule has 0 aliphatic heterocycles. The van der Waals surface area contributed by atoms with E-state index in [2.05, 4.69) is 5.32 Å². The molecule has 3 nitrogen and oxygen atoms in total. The largest absolute Gasteiger partial charge is 0.480 e. The lowest BCUT2D eigenvalue weighted by Crippen LogP contribution is -2.36. The SMILES string of the molecule is CC(C)(CNCC(=O)O)c1ccc(F)cc1F. The Morgan fingerprint density at radius 1 is 1.41 bits per heavy atom. The Kier molecular flexibility index (Phi) is 4.17. The third kappa shape index (κ3) is 3.78. The quantitative estimate of drug-likeness (QED) is 0.830. The number of rotatable bonds is 5. The van der Waals surface area contributed by atoms with Gasteiger partial charge in [-0.15, -0.1) is 0 Å². The van der Waals surface area contributed by atoms with Crippen molar-refractivity contribution in [1.82, 2.24) is 5.32 Å². The Balaban J connectivity index is 2.78. The minimum atomic E-state index is -0.972. The molecule has 1 aromatic rings. The molecule has 0 unspecified atom stereocenters. The third-order valence-electron chi connectivity index (χ3n) is 2.50. The van der Waals surface area contributed by atoms with Gasteiger partial charge >= 0.3 is 5.97 Å². The number of aliphatic carboxylic acids is 1. The van der Waals surface area contributed by atoms with Gasteiger partial charge in [-0.1, -0.05) is 19.9 Å². The molecule has 0 aromatic heterocycles. The summed E-state index contributed by atoms with van der Waals surface area (Å²) in [5.74, 6) is -2.21. The second-order valence-corrected chi connectivity index (χ2v) is 4.51. The molecule has 0 aliphatic carbocycles. The van der Waals surface area contributed by atoms with E-state index in [0.29, 0.717) is 12.1 Å². The molecule has 2 N–H and O–H groups in total. The number of carboxylic acid groups (broad SMARTS) is 1. The first-order chi connectivity index (χ1) is 7.83. The number of hydrogen-bond donors (Lipinski definition) is 2. The molecule has 1 rings (SSSR count). The summed E-state index contributed by atoms with van der Waals surface area (Å²) in [5, 5.41) is 11.2. The van der Waals surface area contributed by atoms with Crippen LogP contribution in [0.1, 0.15) is 19.4 Å². The van der Waals surface area contributed by atoms with Crippen LogP contribution in [0.5, 0.6) is 0 Å². The van der Waals surface area contributed by atoms with Crippen molar-refractivity contribution in [3.63, 3.8) is 0 Å². The topological polar surface area (TPSA) is 49.3 Å². The summed E-state index contributed by atoms with van der Waals surface area (Å²) in [6.07, 6.45) is 0. The fraction of sp³-hybridized carbons (Fsp3) is 0.417. The van der Waals surface area contributed by atoms with Crippen LogP contribution < -0.4 is 5.32 Å². The molecule has 0 saturated heterocycles. The zero-order chi connectivity index (χ0) is 13.1. The molecule has 5 heteroatoms. The van der Waals surface area contributed by atoms with Gasteiger partial charge in [-0.3, -0.25) is 4.79 Å². The minimum Gasteiger partial charge on any atom is -0.480 e. The van der Waals surface area contributed by atoms with E-state index in [1.807, 2.05) is 0 Å². The fourth-order valence-electron chi connectivity index (χ4n) is 1.62. The minimum absolute atomic E-state index is 0.188. The van der Waals surface area contributed by atoms with Gasteiger partial charge < -0.3 is 10.4 Å². The first-order valence-electron chi connectivity index (χ1n) is 5.21. The Morgan fingerprint density at radius 2 is 2.06 bits per heavy atom. The van der Waals surface area contributed by atoms with E-state index in [-0.39, 0.29) is 6.54 Å². The summed E-state index contributed by atoms with van der Waals surface area (Å²) in [6.45, 7) is 3.63. The van der Waals surface area contributed by atoms with Gasteiger partial charge in [-0.25, -0.2) is 8.78 Å². The lowest BCUT2D eigenvalue weighted by atomic mass is 9.84. The molecule has 0 spiro atoms. The van der Waals surface area contributed by atoms with E-state index in [0.717, 1.165) is 6.07 Å². The van der Waals surface area contributed by atoms with Crippen LogP contribution in [-0.2, 0) is 10.2 Å². The lowest BCUT2D eigenvalue weighted by molar-refractivity contribution is -0.136. The van der Waals surface area contributed by atoms with Crippen molar-refractivity contribution in [3.05, 3.63) is 35.4 Å². The van der Waals surface area contributed by atoms with E-state index >= 15 is 0 Å². The molecular weight excluding hydrogens is 228 g/mol. The highest BCUT2D eigenvalue weighted by atomic mass is 19.1. The predicted molar refractivity (Wildman–Crippen MR) is 59.9 cm³/mol. The van der Waals surface area contributed by atoms with Crippen molar-refractivity contribution in [2.75, 3.05) is 13.1 Å². The Hall–Kier alpha value is -1.49. The van der Waals surface area contributed by atoms with E-state index < -0.39 is 23.0 Å². The zero-order valence-corrected chi connectivity index (χ0v) is 9.76. The van der Waals surface area contributed by atoms with Crippen molar-refractivity contribution in [2.24, 2.45) is 0 Å². The Bertz CT molecular complexity index is 419. The van der Waals surface area contributed by atoms with Gasteiger partial charge in [0.2, 0.25) is 0 Å². The molecule has 0 aliphatic rings. The smallest absolute Gasteiger partial charge is 0.317 e. The van der Waals surface area contributed by atoms with Crippen LogP contribution >= 0.6 is 0 Å². The summed E-state index contributed by atoms with van der Waals surface area (Å²) in [4.78, 5) is 10.3. The maximum Gasteiger partial charge on any atom is 0.317 e. The standard InChI is InChI=1S/C12H15F2NO2/c1-12(2,7-15-6-11(16)17)9-4-3-8(13)5-10(9)14/h3-5,15H,6-7H2,1-2H3,(H,16,17). The number of nitrogens with one attached hydrogen (secondary N) is 1. The lowest BCUT2D eigenvalue weighted by Gasteiger charge is -2.25. The Morgan fingerprint density at radius 3 is 2.59 bits per heavy atom. The van der Waals surface area contributed by atoms with Crippen molar-refractivity contribution >= 4 is 5.97 Å². The van der Waals surface area contributed by atoms with Gasteiger partial charge in [-0.2, -0.15) is 0 Å². The highest BCUT2D eigenvalue weighted by Crippen LogP contribution is 2.25. The molecule has 0 radical (unpaired) electrons. The molecule has 17 heavy (non-hydrogen) atoms. The molecular formula is C12H15F2NO2. The molecule has 0 amide bonds. The zero-order valence-electron chi connectivity index (χ0n) is 9.76. The van der Waals surface area contributed by atoms with E-state index in [1.165, 1.54) is 12.1 Å². The number of carbonyl (C=O) groups is 1. The van der Waals surface area contributed by atoms with Crippen LogP contribution in [0, 0.1) is 11.6 Å². The van der Waals surface area contributed by atoms with Crippen molar-refractivity contribution in [1.29, 1.82) is 0 Å². The first kappa shape index (κ1) is 13.6. The van der Waals surface area contributed by atoms with E-state index in [1.54, 1.807) is 13.8 Å². The van der Waals surface area contributed by atoms with Crippen LogP contribution in [0.2, 0.25) is 0 Å². The number of carboxylic acids is 1. The molecule has 94 valence electrons. The van der Waals surface area contributed by atoms with Gasteiger partial charge in [0, 0.05) is 18.0 Å². The predicted octanol–water partition coefficient (Wildman–Crippen LogP) is 1.92. The molecule has 0 saturated carbocycles. The van der Waals surface area contributed by atoms with E-state index in [9.17, 15) is 13.6 Å². The fourth-order valence-corrected chi connectivity index (χ4v) is 1.62. The highest BCUT2D eigenvalue weighted by molar-refractivity contribution is 5.69. The molecule has 1 aromatic carbocycles. The third-order valence-corrected chi connectivity index (χ3v) is 2.50. The van der Waals surface area contributed by atoms with Crippen LogP contribution in [0.15, 0.2) is 18.2 Å². The monoisotopic (exact) mass is 243 g/mol. The van der Waals surface area contributed by atoms with Crippen LogP contribution in [-0.4, -0.2) is 24.2 Å². The van der Waals surface area contributed by atoms with Gasteiger partial charge in [0.15, 0.2) is 0 Å². The normalized spacial score (nSPS) is 11.5. The highest BCUT2D eigenvalue weighted by Gasteiger charge is 2.24. The van der Waals surface area contributed by atoms with Crippen LogP contribution in [0.25, 0.3) is 0 Å². The summed E-state index contributed by atoms with van der Waals surface area (Å²) < 4.78 is 26.3. The van der Waals surface area contributed by atoms with Gasteiger partial charge in [0.25, 0.3) is 0 Å². The summed E-state index contributed by atoms with van der Waals surface area (Å²) >= 11 is 0. The van der Waals surface area contributed by atoms with Crippen molar-refractivity contribution < 1.29 is 18.7 Å². The summed E-state index contributed by atoms with van der Waals surface area (Å²) in [7, 11) is 0. The van der Waals surface area contributed by atoms with E-state index in [4.69, 9.17) is 5.11 Å². The van der Waals surface area contributed by atoms with Crippen LogP contribution in [0.4, 0.5) is 8.78 Å². The maximum absolute atomic E-state index is 13.5. The van der Waals surface area contributed by atoms with Crippen molar-refractivity contribution in [2.45, 2.75) is 19.3 Å². The Labute approximate surface area is 98.5 Å². The molecule has 0 fully saturated rings. The first-order valence-corrected chi connectivity index (χ1v) is 5.21. The van der Waals surface area contributed by atoms with Crippen molar-refractivity contribution in [3.8, 4) is 0 Å². The second-order valence-electron chi connectivity index (χ2n) is 4.51. The molecule has 0 atom stereocenters. The van der Waals surface area contributed by atoms with Gasteiger partial charge in [0.1, 0.15) is 11.6 Å². The maximum atomic E-state index is 13.5. The van der Waals surface area contributed by atoms with Gasteiger partial charge in [-0.05, 0) is 11.6 Å². The molecule has 0 bridgehead atoms. The summed E-state index contributed by atoms with van der Waals surface area (Å²) in [5.41, 5.74) is -0.246. The summed E-state index contributed by atoms with van der Waals surface area (Å²) in [6, 6.07) is 3.40. The average Bonchev–Trinajstić information content (AvgIpc) is 2.15. The average molecular weight is 243 g/mol. The number of halogens is 2. The van der Waals surface area contributed by atoms with Gasteiger partial charge in [0.05, 0.1) is 6.54 Å². The van der Waals surface area contributed by atoms with Crippen LogP contribution in [0.3, 0.4) is 0 Å². The second kappa shape index (κ2) is 5.23. The molecule has 0 heterocycles. The number of hydrogen-bond acceptors (Lipinski definition) is 2. The number of benzene rings is 1.